The average molecular weight is 415 g/mol. The van der Waals surface area contributed by atoms with E-state index in [1.165, 1.54) is 0 Å². The first-order chi connectivity index (χ1) is 14.0. The third-order valence-corrected chi connectivity index (χ3v) is 5.54. The minimum atomic E-state index is 0.447. The van der Waals surface area contributed by atoms with Crippen LogP contribution in [-0.4, -0.2) is 32.8 Å². The Balaban J connectivity index is 0.00000117. The number of nitrogens with one attached hydrogen (secondary N) is 1. The second kappa shape index (κ2) is 9.35. The number of benzene rings is 1. The third kappa shape index (κ3) is 4.58. The Kier molecular flexibility index (Phi) is 6.85. The molecule has 3 aromatic rings. The van der Waals surface area contributed by atoms with Crippen LogP contribution >= 0.6 is 11.6 Å². The molecular weight excluding hydrogens is 384 g/mol. The fourth-order valence-corrected chi connectivity index (χ4v) is 4.08. The molecule has 0 spiro atoms. The summed E-state index contributed by atoms with van der Waals surface area (Å²) in [5.74, 6) is 2.09. The first kappa shape index (κ1) is 21.2. The molecule has 1 aliphatic heterocycles. The van der Waals surface area contributed by atoms with Crippen LogP contribution < -0.4 is 10.6 Å². The molecule has 0 saturated carbocycles. The highest BCUT2D eigenvalue weighted by atomic mass is 35.5. The maximum Gasteiger partial charge on any atom is 0.197 e. The second-order valence-electron chi connectivity index (χ2n) is 7.13. The van der Waals surface area contributed by atoms with Crippen molar-refractivity contribution in [3.63, 3.8) is 0 Å². The molecular formula is C22H31ClN6. The molecule has 3 heterocycles. The van der Waals surface area contributed by atoms with Gasteiger partial charge in [0.05, 0.1) is 17.1 Å². The number of nitrogens with two attached hydrogens (primary N) is 1. The van der Waals surface area contributed by atoms with Gasteiger partial charge in [0.1, 0.15) is 5.82 Å². The van der Waals surface area contributed by atoms with E-state index in [0.717, 1.165) is 66.0 Å². The van der Waals surface area contributed by atoms with Crippen LogP contribution in [0.4, 0.5) is 11.8 Å². The van der Waals surface area contributed by atoms with Gasteiger partial charge in [-0.3, -0.25) is 0 Å². The first-order valence-electron chi connectivity index (χ1n) is 10.5. The highest BCUT2D eigenvalue weighted by Crippen LogP contribution is 2.33. The fraction of sp³-hybridized carbons (Fsp3) is 0.455. The van der Waals surface area contributed by atoms with Gasteiger partial charge in [0.2, 0.25) is 0 Å². The molecule has 156 valence electrons. The SMILES string of the molecule is CC.CCc1cc(N2CCC(c3nc(N)[nH]c3C)CC2)n(-c2cccc(Cl)c2)n1. The molecule has 1 aromatic carbocycles. The van der Waals surface area contributed by atoms with Gasteiger partial charge in [-0.1, -0.05) is 38.4 Å². The van der Waals surface area contributed by atoms with Crippen LogP contribution in [-0.2, 0) is 6.42 Å². The number of H-pyrrole nitrogens is 1. The zero-order valence-electron chi connectivity index (χ0n) is 17.7. The molecule has 1 aliphatic rings. The molecule has 0 radical (unpaired) electrons. The predicted octanol–water partition coefficient (Wildman–Crippen LogP) is 5.11. The Bertz CT molecular complexity index is 937. The van der Waals surface area contributed by atoms with Gasteiger partial charge in [0, 0.05) is 35.8 Å². The predicted molar refractivity (Wildman–Crippen MR) is 121 cm³/mol. The van der Waals surface area contributed by atoms with E-state index in [2.05, 4.69) is 27.9 Å². The smallest absolute Gasteiger partial charge is 0.197 e. The number of hydrogen-bond acceptors (Lipinski definition) is 4. The van der Waals surface area contributed by atoms with Crippen molar-refractivity contribution in [2.24, 2.45) is 0 Å². The van der Waals surface area contributed by atoms with Crippen molar-refractivity contribution in [1.82, 2.24) is 19.7 Å². The lowest BCUT2D eigenvalue weighted by molar-refractivity contribution is 0.490. The number of hydrogen-bond donors (Lipinski definition) is 2. The van der Waals surface area contributed by atoms with Gasteiger partial charge in [-0.05, 0) is 44.4 Å². The lowest BCUT2D eigenvalue weighted by atomic mass is 9.92. The van der Waals surface area contributed by atoms with Crippen molar-refractivity contribution in [2.45, 2.75) is 52.9 Å². The topological polar surface area (TPSA) is 75.8 Å². The maximum absolute atomic E-state index is 6.20. The van der Waals surface area contributed by atoms with E-state index in [4.69, 9.17) is 22.4 Å². The molecule has 0 amide bonds. The highest BCUT2D eigenvalue weighted by molar-refractivity contribution is 6.30. The molecule has 1 saturated heterocycles. The number of aromatic amines is 1. The monoisotopic (exact) mass is 414 g/mol. The number of piperidine rings is 1. The molecule has 6 nitrogen and oxygen atoms in total. The first-order valence-corrected chi connectivity index (χ1v) is 10.8. The summed E-state index contributed by atoms with van der Waals surface area (Å²) in [5, 5.41) is 5.51. The normalized spacial score (nSPS) is 14.6. The molecule has 2 aromatic heterocycles. The molecule has 0 bridgehead atoms. The quantitative estimate of drug-likeness (QED) is 0.621. The van der Waals surface area contributed by atoms with Crippen molar-refractivity contribution >= 4 is 23.4 Å². The summed E-state index contributed by atoms with van der Waals surface area (Å²) in [4.78, 5) is 10.0. The lowest BCUT2D eigenvalue weighted by Gasteiger charge is -2.33. The van der Waals surface area contributed by atoms with E-state index in [1.807, 2.05) is 49.7 Å². The van der Waals surface area contributed by atoms with Crippen molar-refractivity contribution in [3.05, 3.63) is 52.4 Å². The van der Waals surface area contributed by atoms with Crippen LogP contribution in [0.5, 0.6) is 0 Å². The minimum absolute atomic E-state index is 0.447. The Morgan fingerprint density at radius 1 is 1.21 bits per heavy atom. The maximum atomic E-state index is 6.20. The number of nitrogen functional groups attached to an aromatic ring is 1. The number of imidazole rings is 1. The molecule has 0 unspecified atom stereocenters. The molecule has 1 fully saturated rings. The van der Waals surface area contributed by atoms with E-state index < -0.39 is 0 Å². The van der Waals surface area contributed by atoms with Crippen LogP contribution in [0.2, 0.25) is 5.02 Å². The summed E-state index contributed by atoms with van der Waals surface area (Å²) >= 11 is 6.20. The van der Waals surface area contributed by atoms with Gasteiger partial charge in [-0.25, -0.2) is 9.67 Å². The van der Waals surface area contributed by atoms with Crippen molar-refractivity contribution in [3.8, 4) is 5.69 Å². The zero-order chi connectivity index (χ0) is 21.0. The van der Waals surface area contributed by atoms with E-state index in [-0.39, 0.29) is 0 Å². The molecule has 4 rings (SSSR count). The van der Waals surface area contributed by atoms with Crippen LogP contribution in [0.1, 0.15) is 56.6 Å². The second-order valence-corrected chi connectivity index (χ2v) is 7.57. The Labute approximate surface area is 178 Å². The molecule has 0 atom stereocenters. The molecule has 3 N–H and O–H groups in total. The van der Waals surface area contributed by atoms with Gasteiger partial charge in [-0.15, -0.1) is 0 Å². The van der Waals surface area contributed by atoms with Crippen molar-refractivity contribution < 1.29 is 0 Å². The summed E-state index contributed by atoms with van der Waals surface area (Å²) in [6, 6.07) is 10.0. The number of aromatic nitrogens is 4. The van der Waals surface area contributed by atoms with Gasteiger partial charge >= 0.3 is 0 Å². The zero-order valence-corrected chi connectivity index (χ0v) is 18.5. The number of rotatable bonds is 4. The summed E-state index contributed by atoms with van der Waals surface area (Å²) in [7, 11) is 0. The van der Waals surface area contributed by atoms with E-state index in [9.17, 15) is 0 Å². The number of anilines is 2. The van der Waals surface area contributed by atoms with Crippen LogP contribution in [0.25, 0.3) is 5.69 Å². The summed E-state index contributed by atoms with van der Waals surface area (Å²) in [5.41, 5.74) is 10.1. The molecule has 0 aliphatic carbocycles. The van der Waals surface area contributed by atoms with Gasteiger partial charge in [-0.2, -0.15) is 5.10 Å². The lowest BCUT2D eigenvalue weighted by Crippen LogP contribution is -2.34. The standard InChI is InChI=1S/C20H25ClN6.C2H6/c1-3-16-12-18(27(25-16)17-6-4-5-15(21)11-17)26-9-7-14(8-10-26)19-13(2)23-20(22)24-19;1-2/h4-6,11-12,14H,3,7-10H2,1-2H3,(H3,22,23,24);1-2H3. The third-order valence-electron chi connectivity index (χ3n) is 5.30. The van der Waals surface area contributed by atoms with Gasteiger partial charge in [0.25, 0.3) is 0 Å². The summed E-state index contributed by atoms with van der Waals surface area (Å²) in [6.07, 6.45) is 3.00. The number of halogens is 1. The van der Waals surface area contributed by atoms with Crippen molar-refractivity contribution in [2.75, 3.05) is 23.7 Å². The summed E-state index contributed by atoms with van der Waals surface area (Å²) < 4.78 is 2.02. The summed E-state index contributed by atoms with van der Waals surface area (Å²) in [6.45, 7) is 10.1. The van der Waals surface area contributed by atoms with Crippen LogP contribution in [0, 0.1) is 6.92 Å². The minimum Gasteiger partial charge on any atom is -0.369 e. The van der Waals surface area contributed by atoms with Crippen LogP contribution in [0.15, 0.2) is 30.3 Å². The van der Waals surface area contributed by atoms with Gasteiger partial charge in [0.15, 0.2) is 5.95 Å². The number of nitrogens with zero attached hydrogens (tertiary/aromatic N) is 4. The van der Waals surface area contributed by atoms with E-state index >= 15 is 0 Å². The Morgan fingerprint density at radius 3 is 2.52 bits per heavy atom. The largest absolute Gasteiger partial charge is 0.369 e. The van der Waals surface area contributed by atoms with Crippen LogP contribution in [0.3, 0.4) is 0 Å². The Hall–Kier alpha value is -2.47. The molecule has 29 heavy (non-hydrogen) atoms. The van der Waals surface area contributed by atoms with Crippen molar-refractivity contribution in [1.29, 1.82) is 0 Å². The average Bonchev–Trinajstić information content (AvgIpc) is 3.32. The molecule has 7 heteroatoms. The van der Waals surface area contributed by atoms with Gasteiger partial charge < -0.3 is 15.6 Å². The highest BCUT2D eigenvalue weighted by Gasteiger charge is 2.26. The van der Waals surface area contributed by atoms with E-state index in [0.29, 0.717) is 11.9 Å². The Morgan fingerprint density at radius 2 is 1.93 bits per heavy atom. The van der Waals surface area contributed by atoms with E-state index in [1.54, 1.807) is 0 Å². The number of aryl methyl sites for hydroxylation is 2. The fourth-order valence-electron chi connectivity index (χ4n) is 3.89.